The summed E-state index contributed by atoms with van der Waals surface area (Å²) in [5.41, 5.74) is 0.267. The van der Waals surface area contributed by atoms with Crippen LogP contribution in [0.4, 0.5) is 13.2 Å². The van der Waals surface area contributed by atoms with Crippen LogP contribution in [0.5, 0.6) is 0 Å². The molecule has 0 amide bonds. The largest absolute Gasteiger partial charge is 0.417 e. The summed E-state index contributed by atoms with van der Waals surface area (Å²) in [6, 6.07) is 9.31. The van der Waals surface area contributed by atoms with Gasteiger partial charge in [0.2, 0.25) is 0 Å². The van der Waals surface area contributed by atoms with E-state index in [1.165, 1.54) is 6.07 Å². The van der Waals surface area contributed by atoms with Crippen molar-refractivity contribution in [2.45, 2.75) is 13.1 Å². The molecule has 0 unspecified atom stereocenters. The molecule has 0 heterocycles. The van der Waals surface area contributed by atoms with Gasteiger partial charge in [-0.3, -0.25) is 0 Å². The van der Waals surface area contributed by atoms with Gasteiger partial charge >= 0.3 is 6.18 Å². The summed E-state index contributed by atoms with van der Waals surface area (Å²) in [6.07, 6.45) is -4.28. The van der Waals surface area contributed by atoms with Crippen LogP contribution in [-0.2, 0) is 6.18 Å². The van der Waals surface area contributed by atoms with Crippen molar-refractivity contribution in [2.24, 2.45) is 0 Å². The minimum atomic E-state index is -4.28. The maximum Gasteiger partial charge on any atom is 0.417 e. The fraction of sp³-hybridized carbons (Fsp3) is 0.167. The zero-order valence-corrected chi connectivity index (χ0v) is 8.10. The van der Waals surface area contributed by atoms with Gasteiger partial charge in [0.15, 0.2) is 0 Å². The summed E-state index contributed by atoms with van der Waals surface area (Å²) in [5.74, 6) is 0. The summed E-state index contributed by atoms with van der Waals surface area (Å²) in [5, 5.41) is 0.889. The van der Waals surface area contributed by atoms with E-state index in [0.29, 0.717) is 5.39 Å². The Hall–Kier alpha value is -1.51. The van der Waals surface area contributed by atoms with E-state index in [1.807, 2.05) is 6.07 Å². The summed E-state index contributed by atoms with van der Waals surface area (Å²) in [6.45, 7) is 1.78. The van der Waals surface area contributed by atoms with Gasteiger partial charge in [0.05, 0.1) is 5.56 Å². The van der Waals surface area contributed by atoms with Crippen LogP contribution in [0, 0.1) is 6.92 Å². The van der Waals surface area contributed by atoms with Gasteiger partial charge in [-0.05, 0) is 23.8 Å². The number of hydrogen-bond acceptors (Lipinski definition) is 0. The van der Waals surface area contributed by atoms with Crippen LogP contribution in [0.2, 0.25) is 0 Å². The average molecular weight is 210 g/mol. The lowest BCUT2D eigenvalue weighted by Gasteiger charge is -2.10. The molecule has 0 aliphatic heterocycles. The topological polar surface area (TPSA) is 0 Å². The molecule has 0 saturated heterocycles. The van der Waals surface area contributed by atoms with Crippen LogP contribution in [0.25, 0.3) is 10.8 Å². The molecule has 78 valence electrons. The third-order valence-corrected chi connectivity index (χ3v) is 2.34. The molecule has 0 bridgehead atoms. The maximum absolute atomic E-state index is 12.6. The smallest absolute Gasteiger partial charge is 0.166 e. The van der Waals surface area contributed by atoms with Crippen LogP contribution in [0.1, 0.15) is 11.1 Å². The van der Waals surface area contributed by atoms with E-state index in [9.17, 15) is 13.2 Å². The SMILES string of the molecule is Cc1ccc2cccc(C(F)(F)F)c2c1. The third kappa shape index (κ3) is 1.82. The first-order chi connectivity index (χ1) is 6.98. The van der Waals surface area contributed by atoms with Gasteiger partial charge in [-0.15, -0.1) is 0 Å². The molecule has 0 atom stereocenters. The van der Waals surface area contributed by atoms with Crippen LogP contribution in [-0.4, -0.2) is 0 Å². The molecule has 3 heteroatoms. The van der Waals surface area contributed by atoms with Crippen molar-refractivity contribution in [3.8, 4) is 0 Å². The number of benzene rings is 2. The third-order valence-electron chi connectivity index (χ3n) is 2.34. The van der Waals surface area contributed by atoms with Crippen molar-refractivity contribution >= 4 is 10.8 Å². The summed E-state index contributed by atoms with van der Waals surface area (Å²) in [7, 11) is 0. The molecule has 0 spiro atoms. The van der Waals surface area contributed by atoms with Gasteiger partial charge in [0.25, 0.3) is 0 Å². The molecule has 2 rings (SSSR count). The Kier molecular flexibility index (Phi) is 2.18. The quantitative estimate of drug-likeness (QED) is 0.612. The summed E-state index contributed by atoms with van der Waals surface area (Å²) in [4.78, 5) is 0. The van der Waals surface area contributed by atoms with Crippen molar-refractivity contribution in [3.63, 3.8) is 0 Å². The Balaban J connectivity index is 2.80. The zero-order chi connectivity index (χ0) is 11.1. The molecule has 2 aromatic rings. The minimum Gasteiger partial charge on any atom is -0.166 e. The molecule has 0 N–H and O–H groups in total. The highest BCUT2D eigenvalue weighted by Crippen LogP contribution is 2.34. The van der Waals surface area contributed by atoms with Gasteiger partial charge < -0.3 is 0 Å². The van der Waals surface area contributed by atoms with Crippen molar-refractivity contribution in [1.29, 1.82) is 0 Å². The predicted molar refractivity (Wildman–Crippen MR) is 53.7 cm³/mol. The highest BCUT2D eigenvalue weighted by molar-refractivity contribution is 5.86. The number of halogens is 3. The number of hydrogen-bond donors (Lipinski definition) is 0. The monoisotopic (exact) mass is 210 g/mol. The molecular formula is C12H9F3. The molecule has 0 radical (unpaired) electrons. The van der Waals surface area contributed by atoms with Gasteiger partial charge in [0, 0.05) is 0 Å². The van der Waals surface area contributed by atoms with Crippen LogP contribution >= 0.6 is 0 Å². The number of rotatable bonds is 0. The Morgan fingerprint density at radius 3 is 2.40 bits per heavy atom. The number of aryl methyl sites for hydroxylation is 1. The zero-order valence-electron chi connectivity index (χ0n) is 8.10. The van der Waals surface area contributed by atoms with Gasteiger partial charge in [-0.2, -0.15) is 13.2 Å². The second-order valence-corrected chi connectivity index (χ2v) is 3.53. The van der Waals surface area contributed by atoms with Gasteiger partial charge in [-0.1, -0.05) is 35.9 Å². The Morgan fingerprint density at radius 1 is 1.00 bits per heavy atom. The van der Waals surface area contributed by atoms with Crippen molar-refractivity contribution in [1.82, 2.24) is 0 Å². The molecule has 0 aliphatic rings. The molecule has 0 aromatic heterocycles. The Bertz CT molecular complexity index is 498. The van der Waals surface area contributed by atoms with E-state index in [4.69, 9.17) is 0 Å². The van der Waals surface area contributed by atoms with Gasteiger partial charge in [-0.25, -0.2) is 0 Å². The highest BCUT2D eigenvalue weighted by Gasteiger charge is 2.32. The van der Waals surface area contributed by atoms with Crippen molar-refractivity contribution < 1.29 is 13.2 Å². The molecule has 15 heavy (non-hydrogen) atoms. The maximum atomic E-state index is 12.6. The fourth-order valence-electron chi connectivity index (χ4n) is 1.63. The first-order valence-corrected chi connectivity index (χ1v) is 4.55. The summed E-state index contributed by atoms with van der Waals surface area (Å²) < 4.78 is 37.9. The van der Waals surface area contributed by atoms with Gasteiger partial charge in [0.1, 0.15) is 0 Å². The van der Waals surface area contributed by atoms with E-state index in [1.54, 1.807) is 25.1 Å². The Morgan fingerprint density at radius 2 is 1.73 bits per heavy atom. The number of alkyl halides is 3. The molecule has 2 aromatic carbocycles. The van der Waals surface area contributed by atoms with E-state index in [0.717, 1.165) is 11.6 Å². The predicted octanol–water partition coefficient (Wildman–Crippen LogP) is 4.17. The molecule has 0 fully saturated rings. The van der Waals surface area contributed by atoms with Crippen LogP contribution < -0.4 is 0 Å². The lowest BCUT2D eigenvalue weighted by molar-refractivity contribution is -0.136. The molecule has 0 aliphatic carbocycles. The number of fused-ring (bicyclic) bond motifs is 1. The van der Waals surface area contributed by atoms with Crippen LogP contribution in [0.15, 0.2) is 36.4 Å². The first kappa shape index (κ1) is 10.0. The standard InChI is InChI=1S/C12H9F3/c1-8-5-6-9-3-2-4-11(10(9)7-8)12(13,14)15/h2-7H,1H3. The van der Waals surface area contributed by atoms with E-state index in [2.05, 4.69) is 0 Å². The van der Waals surface area contributed by atoms with Crippen molar-refractivity contribution in [2.75, 3.05) is 0 Å². The lowest BCUT2D eigenvalue weighted by Crippen LogP contribution is -2.05. The van der Waals surface area contributed by atoms with Crippen molar-refractivity contribution in [3.05, 3.63) is 47.5 Å². The van der Waals surface area contributed by atoms with E-state index >= 15 is 0 Å². The first-order valence-electron chi connectivity index (χ1n) is 4.55. The second kappa shape index (κ2) is 3.26. The normalized spacial score (nSPS) is 12.0. The molecule has 0 saturated carbocycles. The molecule has 0 nitrogen and oxygen atoms in total. The van der Waals surface area contributed by atoms with Crippen LogP contribution in [0.3, 0.4) is 0 Å². The van der Waals surface area contributed by atoms with E-state index in [-0.39, 0.29) is 5.39 Å². The highest BCUT2D eigenvalue weighted by atomic mass is 19.4. The minimum absolute atomic E-state index is 0.269. The summed E-state index contributed by atoms with van der Waals surface area (Å²) >= 11 is 0. The Labute approximate surface area is 85.3 Å². The molecular weight excluding hydrogens is 201 g/mol. The second-order valence-electron chi connectivity index (χ2n) is 3.53. The fourth-order valence-corrected chi connectivity index (χ4v) is 1.63. The lowest BCUT2D eigenvalue weighted by atomic mass is 10.0. The van der Waals surface area contributed by atoms with E-state index < -0.39 is 11.7 Å². The average Bonchev–Trinajstić information content (AvgIpc) is 2.15.